The number of nitrogens with two attached hydrogens (primary N) is 1. The van der Waals surface area contributed by atoms with Gasteiger partial charge in [-0.3, -0.25) is 9.59 Å². The maximum atomic E-state index is 13.2. The molecular weight excluding hydrogens is 655 g/mol. The van der Waals surface area contributed by atoms with Crippen LogP contribution in [0.2, 0.25) is 0 Å². The van der Waals surface area contributed by atoms with E-state index in [1.54, 1.807) is 4.90 Å². The van der Waals surface area contributed by atoms with Gasteiger partial charge >= 0.3 is 6.09 Å². The van der Waals surface area contributed by atoms with E-state index in [0.717, 1.165) is 69.8 Å². The number of halogens is 1. The molecule has 274 valence electrons. The smallest absolute Gasteiger partial charge is 0.410 e. The number of carbonyl (C=O) groups excluding carboxylic acids is 3. The van der Waals surface area contributed by atoms with Gasteiger partial charge in [0, 0.05) is 67.9 Å². The quantitative estimate of drug-likeness (QED) is 0.236. The van der Waals surface area contributed by atoms with Crippen molar-refractivity contribution in [2.45, 2.75) is 113 Å². The van der Waals surface area contributed by atoms with Gasteiger partial charge in [0.05, 0.1) is 0 Å². The first-order valence-corrected chi connectivity index (χ1v) is 18.9. The third kappa shape index (κ3) is 7.00. The highest BCUT2D eigenvalue weighted by molar-refractivity contribution is 5.94. The van der Waals surface area contributed by atoms with Gasteiger partial charge in [-0.05, 0) is 118 Å². The van der Waals surface area contributed by atoms with Gasteiger partial charge in [-0.1, -0.05) is 12.1 Å². The molecule has 2 saturated heterocycles. The molecule has 4 atom stereocenters. The molecule has 5 aliphatic carbocycles. The number of nitrogens with one attached hydrogen (secondary N) is 2. The Morgan fingerprint density at radius 1 is 0.922 bits per heavy atom. The van der Waals surface area contributed by atoms with Crippen LogP contribution in [0.25, 0.3) is 0 Å². The third-order valence-corrected chi connectivity index (χ3v) is 12.4. The summed E-state index contributed by atoms with van der Waals surface area (Å²) in [6.07, 6.45) is 10.0. The van der Waals surface area contributed by atoms with Crippen molar-refractivity contribution in [3.63, 3.8) is 0 Å². The first-order chi connectivity index (χ1) is 24.6. The maximum Gasteiger partial charge on any atom is 0.415 e. The van der Waals surface area contributed by atoms with Crippen molar-refractivity contribution >= 4 is 17.9 Å². The van der Waals surface area contributed by atoms with Crippen molar-refractivity contribution in [2.24, 2.45) is 23.5 Å². The SMILES string of the molecule is NC1CCN(C(=O)Oc2ccc(C3CCC[C@]4(C3)OOC3(O4)C4CC5CC3CC(NC(=O)CCCNC(=O)c3ccc(F)cc3)(C5)C4)cc2)CC1. The molecule has 4 bridgehead atoms. The fraction of sp³-hybridized carbons (Fsp3) is 0.615. The summed E-state index contributed by atoms with van der Waals surface area (Å²) in [5.41, 5.74) is 7.25. The van der Waals surface area contributed by atoms with Crippen molar-refractivity contribution in [1.29, 1.82) is 0 Å². The van der Waals surface area contributed by atoms with Crippen LogP contribution in [-0.4, -0.2) is 65.6 Å². The largest absolute Gasteiger partial charge is 0.415 e. The molecule has 2 spiro atoms. The highest BCUT2D eigenvalue weighted by Crippen LogP contribution is 2.65. The van der Waals surface area contributed by atoms with Crippen molar-refractivity contribution in [1.82, 2.24) is 15.5 Å². The Balaban J connectivity index is 0.845. The van der Waals surface area contributed by atoms with E-state index in [1.165, 1.54) is 24.3 Å². The fourth-order valence-corrected chi connectivity index (χ4v) is 10.1. The van der Waals surface area contributed by atoms with Crippen LogP contribution in [0.3, 0.4) is 0 Å². The predicted molar refractivity (Wildman–Crippen MR) is 184 cm³/mol. The zero-order valence-electron chi connectivity index (χ0n) is 29.1. The molecule has 5 saturated carbocycles. The van der Waals surface area contributed by atoms with E-state index >= 15 is 0 Å². The molecule has 12 heteroatoms. The van der Waals surface area contributed by atoms with Crippen LogP contribution < -0.4 is 21.1 Å². The summed E-state index contributed by atoms with van der Waals surface area (Å²) in [5, 5.41) is 6.23. The molecule has 11 nitrogen and oxygen atoms in total. The summed E-state index contributed by atoms with van der Waals surface area (Å²) in [4.78, 5) is 52.5. The molecule has 7 aliphatic rings. The molecule has 9 rings (SSSR count). The number of carbonyl (C=O) groups is 3. The van der Waals surface area contributed by atoms with Gasteiger partial charge < -0.3 is 30.7 Å². The molecule has 4 N–H and O–H groups in total. The van der Waals surface area contributed by atoms with Crippen LogP contribution in [0, 0.1) is 23.6 Å². The second-order valence-corrected chi connectivity index (χ2v) is 16.0. The molecular formula is C39H49FN4O7. The number of amides is 3. The maximum absolute atomic E-state index is 13.2. The zero-order valence-corrected chi connectivity index (χ0v) is 29.1. The van der Waals surface area contributed by atoms with E-state index in [2.05, 4.69) is 10.6 Å². The highest BCUT2D eigenvalue weighted by Gasteiger charge is 2.70. The average molecular weight is 705 g/mol. The standard InChI is InChI=1S/C39H49FN4O7/c40-31-9-5-27(6-10-31)35(46)42-16-2-4-34(45)43-37-21-25-19-29(23-37)39(30(20-25)24-37)49-38(50-51-39)15-1-3-28(22-38)26-7-11-33(12-8-26)48-36(47)44-17-13-32(41)14-18-44/h5-12,25,28-30,32H,1-4,13-24,41H2,(H,42,46)(H,43,45)/t25?,28?,29?,30?,37?,38-,39?/m1/s1. The number of benzene rings is 2. The Bertz CT molecular complexity index is 1600. The van der Waals surface area contributed by atoms with Gasteiger partial charge in [0.25, 0.3) is 5.91 Å². The highest BCUT2D eigenvalue weighted by atomic mass is 19.1. The van der Waals surface area contributed by atoms with E-state index in [4.69, 9.17) is 25.0 Å². The lowest BCUT2D eigenvalue weighted by atomic mass is 9.50. The normalized spacial score (nSPS) is 34.2. The van der Waals surface area contributed by atoms with Crippen molar-refractivity contribution < 1.29 is 38.0 Å². The van der Waals surface area contributed by atoms with Gasteiger partial charge in [-0.2, -0.15) is 9.78 Å². The van der Waals surface area contributed by atoms with E-state index in [1.807, 2.05) is 24.3 Å². The van der Waals surface area contributed by atoms with Gasteiger partial charge in [-0.25, -0.2) is 9.18 Å². The molecule has 3 unspecified atom stereocenters. The van der Waals surface area contributed by atoms with Crippen LogP contribution >= 0.6 is 0 Å². The minimum absolute atomic E-state index is 0.00449. The van der Waals surface area contributed by atoms with E-state index in [0.29, 0.717) is 56.1 Å². The van der Waals surface area contributed by atoms with Crippen LogP contribution in [0.1, 0.15) is 105 Å². The monoisotopic (exact) mass is 704 g/mol. The topological polar surface area (TPSA) is 141 Å². The average Bonchev–Trinajstić information content (AvgIpc) is 3.48. The summed E-state index contributed by atoms with van der Waals surface area (Å²) >= 11 is 0. The second-order valence-electron chi connectivity index (χ2n) is 16.0. The van der Waals surface area contributed by atoms with Gasteiger partial charge in [0.1, 0.15) is 11.6 Å². The lowest BCUT2D eigenvalue weighted by Crippen LogP contribution is -2.69. The predicted octanol–water partition coefficient (Wildman–Crippen LogP) is 5.68. The molecule has 2 aromatic rings. The van der Waals surface area contributed by atoms with Gasteiger partial charge in [0.2, 0.25) is 17.5 Å². The zero-order chi connectivity index (χ0) is 35.2. The molecule has 7 fully saturated rings. The number of nitrogens with zero attached hydrogens (tertiary/aromatic N) is 1. The Labute approximate surface area is 298 Å². The molecule has 2 aliphatic heterocycles. The number of hydrogen-bond acceptors (Lipinski definition) is 8. The van der Waals surface area contributed by atoms with Gasteiger partial charge in [0.15, 0.2) is 0 Å². The van der Waals surface area contributed by atoms with Crippen molar-refractivity contribution in [3.8, 4) is 5.75 Å². The molecule has 2 heterocycles. The Hall–Kier alpha value is -3.58. The molecule has 0 radical (unpaired) electrons. The van der Waals surface area contributed by atoms with Crippen LogP contribution in [0.15, 0.2) is 48.5 Å². The Kier molecular flexibility index (Phi) is 9.31. The number of piperidine rings is 1. The minimum Gasteiger partial charge on any atom is -0.410 e. The van der Waals surface area contributed by atoms with E-state index in [9.17, 15) is 18.8 Å². The third-order valence-electron chi connectivity index (χ3n) is 12.4. The van der Waals surface area contributed by atoms with Crippen molar-refractivity contribution in [2.75, 3.05) is 19.6 Å². The summed E-state index contributed by atoms with van der Waals surface area (Å²) in [7, 11) is 0. The van der Waals surface area contributed by atoms with Crippen LogP contribution in [0.4, 0.5) is 9.18 Å². The van der Waals surface area contributed by atoms with Gasteiger partial charge in [-0.15, -0.1) is 0 Å². The fourth-order valence-electron chi connectivity index (χ4n) is 10.1. The lowest BCUT2D eigenvalue weighted by Gasteiger charge is -2.62. The summed E-state index contributed by atoms with van der Waals surface area (Å²) < 4.78 is 25.9. The lowest BCUT2D eigenvalue weighted by molar-refractivity contribution is -0.391. The number of rotatable bonds is 8. The first-order valence-electron chi connectivity index (χ1n) is 18.9. The van der Waals surface area contributed by atoms with Crippen LogP contribution in [-0.2, 0) is 19.3 Å². The van der Waals surface area contributed by atoms with Crippen LogP contribution in [0.5, 0.6) is 5.75 Å². The number of hydrogen-bond donors (Lipinski definition) is 3. The summed E-state index contributed by atoms with van der Waals surface area (Å²) in [6.45, 7) is 1.60. The molecule has 3 amide bonds. The minimum atomic E-state index is -0.812. The number of ether oxygens (including phenoxy) is 2. The second kappa shape index (κ2) is 13.8. The number of likely N-dealkylation sites (tertiary alicyclic amines) is 1. The van der Waals surface area contributed by atoms with E-state index in [-0.39, 0.29) is 53.1 Å². The van der Waals surface area contributed by atoms with Crippen molar-refractivity contribution in [3.05, 3.63) is 65.5 Å². The summed E-state index contributed by atoms with van der Waals surface area (Å²) in [6, 6.07) is 13.4. The first kappa shape index (κ1) is 34.5. The Morgan fingerprint density at radius 2 is 1.65 bits per heavy atom. The molecule has 0 aromatic heterocycles. The van der Waals surface area contributed by atoms with E-state index < -0.39 is 11.6 Å². The summed E-state index contributed by atoms with van der Waals surface area (Å²) in [5.74, 6) is -0.774. The molecule has 51 heavy (non-hydrogen) atoms. The Morgan fingerprint density at radius 3 is 2.37 bits per heavy atom. The molecule has 2 aromatic carbocycles.